The largest absolute Gasteiger partial charge is 0.462 e. The number of hydrogen-bond acceptors (Lipinski definition) is 5. The van der Waals surface area contributed by atoms with Crippen molar-refractivity contribution in [2.45, 2.75) is 20.8 Å². The summed E-state index contributed by atoms with van der Waals surface area (Å²) in [6, 6.07) is 16.6. The fourth-order valence-corrected chi connectivity index (χ4v) is 4.64. The minimum absolute atomic E-state index is 0.264. The third-order valence-corrected chi connectivity index (χ3v) is 6.57. The van der Waals surface area contributed by atoms with Gasteiger partial charge in [-0.15, -0.1) is 11.3 Å². The van der Waals surface area contributed by atoms with E-state index in [2.05, 4.69) is 5.32 Å². The maximum absolute atomic E-state index is 13.4. The lowest BCUT2D eigenvalue weighted by Crippen LogP contribution is -2.15. The summed E-state index contributed by atoms with van der Waals surface area (Å²) >= 11 is 7.39. The Hall–Kier alpha value is -3.22. The molecule has 0 unspecified atom stereocenters. The molecule has 0 atom stereocenters. The topological polar surface area (TPSA) is 68.3 Å². The van der Waals surface area contributed by atoms with E-state index < -0.39 is 5.97 Å². The lowest BCUT2D eigenvalue weighted by molar-refractivity contribution is 0.0527. The van der Waals surface area contributed by atoms with E-state index in [4.69, 9.17) is 21.3 Å². The highest BCUT2D eigenvalue weighted by Crippen LogP contribution is 2.34. The predicted molar refractivity (Wildman–Crippen MR) is 130 cm³/mol. The molecule has 2 aromatic heterocycles. The monoisotopic (exact) mass is 464 g/mol. The zero-order valence-electron chi connectivity index (χ0n) is 17.9. The van der Waals surface area contributed by atoms with Gasteiger partial charge in [0.1, 0.15) is 5.00 Å². The zero-order valence-corrected chi connectivity index (χ0v) is 19.4. The van der Waals surface area contributed by atoms with Crippen molar-refractivity contribution in [3.63, 3.8) is 0 Å². The first-order valence-electron chi connectivity index (χ1n) is 10.1. The van der Waals surface area contributed by atoms with Gasteiger partial charge in [0.15, 0.2) is 0 Å². The number of esters is 1. The van der Waals surface area contributed by atoms with E-state index in [0.717, 1.165) is 21.4 Å². The van der Waals surface area contributed by atoms with Crippen molar-refractivity contribution in [3.05, 3.63) is 81.2 Å². The van der Waals surface area contributed by atoms with Crippen molar-refractivity contribution in [2.24, 2.45) is 0 Å². The number of thiophene rings is 1. The van der Waals surface area contributed by atoms with Gasteiger partial charge in [-0.25, -0.2) is 9.78 Å². The van der Waals surface area contributed by atoms with E-state index in [1.165, 1.54) is 11.3 Å². The maximum atomic E-state index is 13.4. The van der Waals surface area contributed by atoms with Crippen molar-refractivity contribution in [1.82, 2.24) is 4.98 Å². The number of nitrogens with one attached hydrogen (secondary N) is 1. The van der Waals surface area contributed by atoms with Crippen molar-refractivity contribution >= 4 is 50.7 Å². The first-order chi connectivity index (χ1) is 15.4. The normalized spacial score (nSPS) is 10.9. The molecular weight excluding hydrogens is 444 g/mol. The van der Waals surface area contributed by atoms with Crippen LogP contribution in [0.25, 0.3) is 22.2 Å². The van der Waals surface area contributed by atoms with E-state index in [9.17, 15) is 9.59 Å². The molecule has 5 nitrogen and oxygen atoms in total. The summed E-state index contributed by atoms with van der Waals surface area (Å²) in [6.45, 7) is 5.79. The molecule has 0 aliphatic carbocycles. The number of fused-ring (bicyclic) bond motifs is 1. The van der Waals surface area contributed by atoms with Crippen LogP contribution in [0.2, 0.25) is 5.02 Å². The number of carbonyl (C=O) groups is 2. The average Bonchev–Trinajstić information content (AvgIpc) is 3.06. The van der Waals surface area contributed by atoms with Crippen LogP contribution in [0.5, 0.6) is 0 Å². The molecule has 162 valence electrons. The first-order valence-corrected chi connectivity index (χ1v) is 11.3. The summed E-state index contributed by atoms with van der Waals surface area (Å²) in [6.07, 6.45) is 0. The second-order valence-corrected chi connectivity index (χ2v) is 8.90. The molecule has 0 saturated heterocycles. The quantitative estimate of drug-likeness (QED) is 0.335. The Morgan fingerprint density at radius 3 is 2.53 bits per heavy atom. The molecule has 2 aromatic carbocycles. The lowest BCUT2D eigenvalue weighted by atomic mass is 10.0. The van der Waals surface area contributed by atoms with Crippen LogP contribution < -0.4 is 5.32 Å². The molecule has 1 N–H and O–H groups in total. The Bertz CT molecular complexity index is 1330. The van der Waals surface area contributed by atoms with Crippen LogP contribution in [0.4, 0.5) is 5.00 Å². The maximum Gasteiger partial charge on any atom is 0.341 e. The fourth-order valence-electron chi connectivity index (χ4n) is 3.47. The third kappa shape index (κ3) is 4.24. The molecular formula is C25H21ClN2O3S. The number of rotatable bonds is 5. The highest BCUT2D eigenvalue weighted by atomic mass is 35.5. The number of aromatic nitrogens is 1. The number of aryl methyl sites for hydroxylation is 1. The minimum atomic E-state index is -0.439. The molecule has 0 aliphatic heterocycles. The van der Waals surface area contributed by atoms with Gasteiger partial charge < -0.3 is 10.1 Å². The molecule has 7 heteroatoms. The highest BCUT2D eigenvalue weighted by molar-refractivity contribution is 7.16. The fraction of sp³-hybridized carbons (Fsp3) is 0.160. The Morgan fingerprint density at radius 1 is 1.09 bits per heavy atom. The van der Waals surface area contributed by atoms with E-state index in [-0.39, 0.29) is 12.5 Å². The molecule has 1 amide bonds. The van der Waals surface area contributed by atoms with Gasteiger partial charge in [-0.2, -0.15) is 0 Å². The van der Waals surface area contributed by atoms with Crippen LogP contribution in [-0.4, -0.2) is 23.5 Å². The molecule has 2 heterocycles. The number of anilines is 1. The van der Waals surface area contributed by atoms with Gasteiger partial charge in [-0.05, 0) is 50.6 Å². The summed E-state index contributed by atoms with van der Waals surface area (Å²) in [5.41, 5.74) is 3.90. The standard InChI is InChI=1S/C25H21ClN2O3S/c1-4-31-25(30)22-14(2)15(3)32-24(22)28-23(29)19-13-21(16-9-11-17(26)12-10-16)27-20-8-6-5-7-18(19)20/h5-13H,4H2,1-3H3,(H,28,29). The van der Waals surface area contributed by atoms with Crippen LogP contribution in [0, 0.1) is 13.8 Å². The number of carbonyl (C=O) groups excluding carboxylic acids is 2. The first kappa shape index (κ1) is 22.0. The van der Waals surface area contributed by atoms with E-state index >= 15 is 0 Å². The summed E-state index contributed by atoms with van der Waals surface area (Å²) in [5, 5.41) is 4.78. The van der Waals surface area contributed by atoms with E-state index in [0.29, 0.717) is 32.4 Å². The van der Waals surface area contributed by atoms with Crippen LogP contribution in [0.1, 0.15) is 38.1 Å². The highest BCUT2D eigenvalue weighted by Gasteiger charge is 2.23. The van der Waals surface area contributed by atoms with Gasteiger partial charge in [0.05, 0.1) is 28.9 Å². The summed E-state index contributed by atoms with van der Waals surface area (Å²) in [7, 11) is 0. The number of benzene rings is 2. The Morgan fingerprint density at radius 2 is 1.81 bits per heavy atom. The molecule has 0 aliphatic rings. The van der Waals surface area contributed by atoms with Crippen molar-refractivity contribution in [3.8, 4) is 11.3 Å². The van der Waals surface area contributed by atoms with Crippen LogP contribution >= 0.6 is 22.9 Å². The van der Waals surface area contributed by atoms with Gasteiger partial charge in [0, 0.05) is 20.8 Å². The van der Waals surface area contributed by atoms with Crippen LogP contribution in [0.3, 0.4) is 0 Å². The molecule has 0 radical (unpaired) electrons. The lowest BCUT2D eigenvalue weighted by Gasteiger charge is -2.11. The minimum Gasteiger partial charge on any atom is -0.462 e. The van der Waals surface area contributed by atoms with Crippen molar-refractivity contribution in [2.75, 3.05) is 11.9 Å². The molecule has 0 bridgehead atoms. The van der Waals surface area contributed by atoms with Gasteiger partial charge in [0.25, 0.3) is 5.91 Å². The van der Waals surface area contributed by atoms with Gasteiger partial charge in [-0.3, -0.25) is 4.79 Å². The number of pyridine rings is 1. The zero-order chi connectivity index (χ0) is 22.8. The summed E-state index contributed by atoms with van der Waals surface area (Å²) in [5.74, 6) is -0.753. The second kappa shape index (κ2) is 9.10. The Balaban J connectivity index is 1.78. The SMILES string of the molecule is CCOC(=O)c1c(NC(=O)c2cc(-c3ccc(Cl)cc3)nc3ccccc23)sc(C)c1C. The van der Waals surface area contributed by atoms with Gasteiger partial charge in [0.2, 0.25) is 0 Å². The van der Waals surface area contributed by atoms with Crippen molar-refractivity contribution in [1.29, 1.82) is 0 Å². The molecule has 4 aromatic rings. The predicted octanol–water partition coefficient (Wildman–Crippen LogP) is 6.66. The molecule has 0 fully saturated rings. The van der Waals surface area contributed by atoms with Gasteiger partial charge >= 0.3 is 5.97 Å². The molecule has 4 rings (SSSR count). The van der Waals surface area contributed by atoms with Crippen molar-refractivity contribution < 1.29 is 14.3 Å². The Kier molecular flexibility index (Phi) is 6.26. The summed E-state index contributed by atoms with van der Waals surface area (Å²) in [4.78, 5) is 31.6. The third-order valence-electron chi connectivity index (χ3n) is 5.19. The van der Waals surface area contributed by atoms with E-state index in [1.54, 1.807) is 25.1 Å². The van der Waals surface area contributed by atoms with Crippen LogP contribution in [0.15, 0.2) is 54.6 Å². The number of hydrogen-bond donors (Lipinski definition) is 1. The number of para-hydroxylation sites is 1. The average molecular weight is 465 g/mol. The molecule has 0 saturated carbocycles. The number of amides is 1. The van der Waals surface area contributed by atoms with Gasteiger partial charge in [-0.1, -0.05) is 41.9 Å². The molecule has 32 heavy (non-hydrogen) atoms. The number of halogens is 1. The Labute approximate surface area is 195 Å². The van der Waals surface area contributed by atoms with E-state index in [1.807, 2.05) is 50.2 Å². The summed E-state index contributed by atoms with van der Waals surface area (Å²) < 4.78 is 5.20. The number of ether oxygens (including phenoxy) is 1. The molecule has 0 spiro atoms. The number of nitrogens with zero attached hydrogens (tertiary/aromatic N) is 1. The smallest absolute Gasteiger partial charge is 0.341 e. The second-order valence-electron chi connectivity index (χ2n) is 7.24. The van der Waals surface area contributed by atoms with Crippen LogP contribution in [-0.2, 0) is 4.74 Å².